The van der Waals surface area contributed by atoms with Gasteiger partial charge in [-0.3, -0.25) is 19.8 Å². The fraction of sp³-hybridized carbons (Fsp3) is 0.350. The molecule has 1 atom stereocenters. The Hall–Kier alpha value is -2.93. The van der Waals surface area contributed by atoms with Crippen LogP contribution in [-0.2, 0) is 4.79 Å². The van der Waals surface area contributed by atoms with E-state index < -0.39 is 4.92 Å². The summed E-state index contributed by atoms with van der Waals surface area (Å²) in [5.41, 5.74) is 1.45. The van der Waals surface area contributed by atoms with Gasteiger partial charge in [0.05, 0.1) is 17.6 Å². The second kappa shape index (κ2) is 9.68. The van der Waals surface area contributed by atoms with E-state index in [0.717, 1.165) is 17.7 Å². The van der Waals surface area contributed by atoms with Gasteiger partial charge in [0.15, 0.2) is 0 Å². The highest BCUT2D eigenvalue weighted by molar-refractivity contribution is 5.94. The Morgan fingerprint density at radius 2 is 2.00 bits per heavy atom. The Morgan fingerprint density at radius 3 is 2.70 bits per heavy atom. The van der Waals surface area contributed by atoms with Crippen molar-refractivity contribution in [1.82, 2.24) is 4.90 Å². The Kier molecular flexibility index (Phi) is 7.31. The van der Waals surface area contributed by atoms with Gasteiger partial charge in [-0.15, -0.1) is 0 Å². The van der Waals surface area contributed by atoms with E-state index in [-0.39, 0.29) is 17.6 Å². The molecule has 1 N–H and O–H groups in total. The van der Waals surface area contributed by atoms with Crippen LogP contribution in [0.1, 0.15) is 18.9 Å². The van der Waals surface area contributed by atoms with E-state index in [2.05, 4.69) is 5.32 Å². The van der Waals surface area contributed by atoms with E-state index in [1.807, 2.05) is 43.1 Å². The number of nitrogens with zero attached hydrogens (tertiary/aromatic N) is 2. The molecule has 0 saturated carbocycles. The highest BCUT2D eigenvalue weighted by Crippen LogP contribution is 2.18. The van der Waals surface area contributed by atoms with Gasteiger partial charge in [-0.25, -0.2) is 0 Å². The molecular formula is C20H25N3O4. The van der Waals surface area contributed by atoms with Gasteiger partial charge in [0.2, 0.25) is 5.91 Å². The number of nitro groups is 1. The standard InChI is InChI=1S/C20H25N3O4/c1-15-8-4-5-11-19(15)27-13-7-12-22(3)16(2)20(24)21-17-9-6-10-18(14-17)23(25)26/h4-6,8-11,14,16H,7,12-13H2,1-3H3,(H,21,24). The van der Waals surface area contributed by atoms with Gasteiger partial charge in [-0.05, 0) is 45.0 Å². The minimum atomic E-state index is -0.486. The minimum absolute atomic E-state index is 0.0536. The molecule has 1 unspecified atom stereocenters. The number of anilines is 1. The quantitative estimate of drug-likeness (QED) is 0.413. The van der Waals surface area contributed by atoms with Gasteiger partial charge in [0.1, 0.15) is 5.75 Å². The molecule has 144 valence electrons. The second-order valence-corrected chi connectivity index (χ2v) is 6.42. The highest BCUT2D eigenvalue weighted by atomic mass is 16.6. The number of non-ortho nitro benzene ring substituents is 1. The van der Waals surface area contributed by atoms with Crippen LogP contribution in [0.3, 0.4) is 0 Å². The van der Waals surface area contributed by atoms with Crippen molar-refractivity contribution in [2.24, 2.45) is 0 Å². The number of carbonyl (C=O) groups is 1. The van der Waals surface area contributed by atoms with Crippen molar-refractivity contribution < 1.29 is 14.5 Å². The van der Waals surface area contributed by atoms with E-state index in [1.165, 1.54) is 12.1 Å². The molecule has 0 fully saturated rings. The van der Waals surface area contributed by atoms with Crippen molar-refractivity contribution in [2.45, 2.75) is 26.3 Å². The van der Waals surface area contributed by atoms with Crippen LogP contribution in [0, 0.1) is 17.0 Å². The summed E-state index contributed by atoms with van der Waals surface area (Å²) < 4.78 is 5.77. The molecule has 2 aromatic rings. The number of rotatable bonds is 9. The Morgan fingerprint density at radius 1 is 1.26 bits per heavy atom. The summed E-state index contributed by atoms with van der Waals surface area (Å²) in [5.74, 6) is 0.662. The van der Waals surface area contributed by atoms with Crippen molar-refractivity contribution in [3.8, 4) is 5.75 Å². The van der Waals surface area contributed by atoms with Crippen molar-refractivity contribution in [3.63, 3.8) is 0 Å². The molecule has 7 nitrogen and oxygen atoms in total. The fourth-order valence-corrected chi connectivity index (χ4v) is 2.55. The predicted molar refractivity (Wildman–Crippen MR) is 105 cm³/mol. The number of nitrogens with one attached hydrogen (secondary N) is 1. The summed E-state index contributed by atoms with van der Waals surface area (Å²) in [6.07, 6.45) is 0.777. The molecule has 0 aromatic heterocycles. The number of aryl methyl sites for hydroxylation is 1. The lowest BCUT2D eigenvalue weighted by Gasteiger charge is -2.24. The molecule has 27 heavy (non-hydrogen) atoms. The maximum atomic E-state index is 12.4. The molecule has 7 heteroatoms. The largest absolute Gasteiger partial charge is 0.493 e. The molecule has 0 radical (unpaired) electrons. The SMILES string of the molecule is Cc1ccccc1OCCCN(C)C(C)C(=O)Nc1cccc([N+](=O)[O-])c1. The Bertz CT molecular complexity index is 794. The van der Waals surface area contributed by atoms with Crippen LogP contribution >= 0.6 is 0 Å². The van der Waals surface area contributed by atoms with Gasteiger partial charge in [-0.2, -0.15) is 0 Å². The first-order valence-corrected chi connectivity index (χ1v) is 8.82. The van der Waals surface area contributed by atoms with Crippen molar-refractivity contribution in [3.05, 3.63) is 64.2 Å². The second-order valence-electron chi connectivity index (χ2n) is 6.42. The summed E-state index contributed by atoms with van der Waals surface area (Å²) in [6.45, 7) is 5.06. The number of ether oxygens (including phenoxy) is 1. The summed E-state index contributed by atoms with van der Waals surface area (Å²) in [7, 11) is 1.87. The number of likely N-dealkylation sites (N-methyl/N-ethyl adjacent to an activating group) is 1. The lowest BCUT2D eigenvalue weighted by molar-refractivity contribution is -0.384. The van der Waals surface area contributed by atoms with Crippen LogP contribution < -0.4 is 10.1 Å². The van der Waals surface area contributed by atoms with Crippen LogP contribution in [-0.4, -0.2) is 42.0 Å². The molecular weight excluding hydrogens is 346 g/mol. The third-order valence-corrected chi connectivity index (χ3v) is 4.37. The number of nitro benzene ring substituents is 1. The van der Waals surface area contributed by atoms with Crippen molar-refractivity contribution >= 4 is 17.3 Å². The monoisotopic (exact) mass is 371 g/mol. The van der Waals surface area contributed by atoms with E-state index in [0.29, 0.717) is 18.8 Å². The third kappa shape index (κ3) is 6.07. The van der Waals surface area contributed by atoms with E-state index in [1.54, 1.807) is 19.1 Å². The van der Waals surface area contributed by atoms with E-state index in [4.69, 9.17) is 4.74 Å². The number of hydrogen-bond acceptors (Lipinski definition) is 5. The first kappa shape index (κ1) is 20.4. The van der Waals surface area contributed by atoms with Crippen molar-refractivity contribution in [2.75, 3.05) is 25.5 Å². The lowest BCUT2D eigenvalue weighted by Crippen LogP contribution is -2.40. The molecule has 0 bridgehead atoms. The van der Waals surface area contributed by atoms with Crippen molar-refractivity contribution in [1.29, 1.82) is 0 Å². The number of para-hydroxylation sites is 1. The normalized spacial score (nSPS) is 11.9. The highest BCUT2D eigenvalue weighted by Gasteiger charge is 2.18. The molecule has 0 aliphatic heterocycles. The summed E-state index contributed by atoms with van der Waals surface area (Å²) in [6, 6.07) is 13.4. The van der Waals surface area contributed by atoms with Crippen LogP contribution in [0.25, 0.3) is 0 Å². The number of carbonyl (C=O) groups excluding carboxylic acids is 1. The molecule has 2 aromatic carbocycles. The van der Waals surface area contributed by atoms with Gasteiger partial charge < -0.3 is 10.1 Å². The van der Waals surface area contributed by atoms with Gasteiger partial charge in [0.25, 0.3) is 5.69 Å². The number of hydrogen-bond donors (Lipinski definition) is 1. The summed E-state index contributed by atoms with van der Waals surface area (Å²) >= 11 is 0. The topological polar surface area (TPSA) is 84.7 Å². The average Bonchev–Trinajstić information content (AvgIpc) is 2.65. The maximum absolute atomic E-state index is 12.4. The zero-order valence-electron chi connectivity index (χ0n) is 15.8. The molecule has 0 aliphatic carbocycles. The zero-order valence-corrected chi connectivity index (χ0v) is 15.8. The number of benzene rings is 2. The molecule has 0 aliphatic rings. The molecule has 0 saturated heterocycles. The van der Waals surface area contributed by atoms with Crippen LogP contribution in [0.5, 0.6) is 5.75 Å². The molecule has 1 amide bonds. The average molecular weight is 371 g/mol. The third-order valence-electron chi connectivity index (χ3n) is 4.37. The van der Waals surface area contributed by atoms with E-state index in [9.17, 15) is 14.9 Å². The van der Waals surface area contributed by atoms with Gasteiger partial charge >= 0.3 is 0 Å². The first-order chi connectivity index (χ1) is 12.9. The predicted octanol–water partition coefficient (Wildman–Crippen LogP) is 3.63. The van der Waals surface area contributed by atoms with Gasteiger partial charge in [-0.1, -0.05) is 24.3 Å². The summed E-state index contributed by atoms with van der Waals surface area (Å²) in [5, 5.41) is 13.5. The summed E-state index contributed by atoms with van der Waals surface area (Å²) in [4.78, 5) is 24.6. The Labute approximate surface area is 159 Å². The smallest absolute Gasteiger partial charge is 0.271 e. The van der Waals surface area contributed by atoms with Crippen LogP contribution in [0.2, 0.25) is 0 Å². The van der Waals surface area contributed by atoms with Crippen LogP contribution in [0.4, 0.5) is 11.4 Å². The molecule has 0 heterocycles. The lowest BCUT2D eigenvalue weighted by atomic mass is 10.2. The van der Waals surface area contributed by atoms with Crippen LogP contribution in [0.15, 0.2) is 48.5 Å². The zero-order chi connectivity index (χ0) is 19.8. The van der Waals surface area contributed by atoms with E-state index >= 15 is 0 Å². The van der Waals surface area contributed by atoms with Gasteiger partial charge in [0, 0.05) is 24.4 Å². The Balaban J connectivity index is 1.79. The first-order valence-electron chi connectivity index (χ1n) is 8.82. The number of amides is 1. The minimum Gasteiger partial charge on any atom is -0.493 e. The fourth-order valence-electron chi connectivity index (χ4n) is 2.55. The molecule has 0 spiro atoms. The maximum Gasteiger partial charge on any atom is 0.271 e. The molecule has 2 rings (SSSR count).